The van der Waals surface area contributed by atoms with E-state index in [0.29, 0.717) is 0 Å². The number of fused-ring (bicyclic) bond motifs is 4. The largest absolute Gasteiger partial charge is 0.207 e. The molecule has 0 fully saturated rings. The molecule has 0 radical (unpaired) electrons. The summed E-state index contributed by atoms with van der Waals surface area (Å²) < 4.78 is 165. The van der Waals surface area contributed by atoms with E-state index in [1.807, 2.05) is 60.4 Å². The highest BCUT2D eigenvalue weighted by molar-refractivity contribution is 6.11. The lowest BCUT2D eigenvalue weighted by Crippen LogP contribution is -2.04. The molecule has 0 aliphatic heterocycles. The molecular weight excluding hydrogens is 973 g/mol. The Balaban J connectivity index is 0.000000215. The normalized spacial score (nSPS) is 10.3. The van der Waals surface area contributed by atoms with Crippen LogP contribution in [0.25, 0.3) is 43.1 Å². The van der Waals surface area contributed by atoms with Crippen LogP contribution < -0.4 is 0 Å². The smallest absolute Gasteiger partial charge is 0.200 e. The number of hydrogen-bond donors (Lipinski definition) is 0. The molecule has 364 valence electrons. The molecule has 0 nitrogen and oxygen atoms in total. The van der Waals surface area contributed by atoms with Gasteiger partial charge in [-0.25, -0.2) is 52.7 Å². The molecule has 0 saturated carbocycles. The summed E-state index contributed by atoms with van der Waals surface area (Å²) in [7, 11) is 0. The highest BCUT2D eigenvalue weighted by Gasteiger charge is 2.26. The van der Waals surface area contributed by atoms with E-state index in [4.69, 9.17) is 0 Å². The quantitative estimate of drug-likeness (QED) is 0.0467. The third-order valence-corrected chi connectivity index (χ3v) is 11.3. The van der Waals surface area contributed by atoms with E-state index in [1.54, 1.807) is 24.3 Å². The number of hydrogen-bond acceptors (Lipinski definition) is 0. The van der Waals surface area contributed by atoms with Crippen LogP contribution in [0.3, 0.4) is 0 Å². The lowest BCUT2D eigenvalue weighted by molar-refractivity contribution is 0.376. The van der Waals surface area contributed by atoms with Gasteiger partial charge in [0.2, 0.25) is 11.6 Å². The second-order valence-corrected chi connectivity index (χ2v) is 15.6. The van der Waals surface area contributed by atoms with Gasteiger partial charge in [0.05, 0.1) is 0 Å². The molecule has 74 heavy (non-hydrogen) atoms. The Labute approximate surface area is 416 Å². The summed E-state index contributed by atoms with van der Waals surface area (Å²) in [4.78, 5) is 0. The van der Waals surface area contributed by atoms with Gasteiger partial charge in [-0.05, 0) is 91.6 Å². The van der Waals surface area contributed by atoms with E-state index in [2.05, 4.69) is 35.5 Å². The fourth-order valence-electron chi connectivity index (χ4n) is 7.81. The van der Waals surface area contributed by atoms with Crippen molar-refractivity contribution in [2.75, 3.05) is 0 Å². The van der Waals surface area contributed by atoms with Crippen molar-refractivity contribution in [1.29, 1.82) is 0 Å². The van der Waals surface area contributed by atoms with Gasteiger partial charge in [0, 0.05) is 33.4 Å². The van der Waals surface area contributed by atoms with Gasteiger partial charge in [-0.1, -0.05) is 159 Å². The highest BCUT2D eigenvalue weighted by Crippen LogP contribution is 2.35. The zero-order valence-electron chi connectivity index (χ0n) is 36.4. The Hall–Kier alpha value is -9.36. The SMILES string of the molecule is C.C.Fc1c(F)c(F)c(C#Cc2c3ccccc3c(C#Cc3c(F)c(F)c(F)c(F)c3F)c3ccccc23)c(F)c1F.Fc1ccc(C#Cc2c3ccccc3c(C#Cc3ccc(F)cc3)c3ccccc23)cc1. The first kappa shape index (κ1) is 52.5. The predicted molar refractivity (Wildman–Crippen MR) is 266 cm³/mol. The second-order valence-electron chi connectivity index (χ2n) is 15.6. The zero-order valence-corrected chi connectivity index (χ0v) is 36.4. The first-order valence-corrected chi connectivity index (χ1v) is 21.2. The van der Waals surface area contributed by atoms with Crippen molar-refractivity contribution >= 4 is 43.1 Å². The Kier molecular flexibility index (Phi) is 15.6. The monoisotopic (exact) mass is 1000 g/mol. The Morgan fingerprint density at radius 2 is 0.365 bits per heavy atom. The maximum atomic E-state index is 14.2. The average Bonchev–Trinajstić information content (AvgIpc) is 3.40. The van der Waals surface area contributed by atoms with Gasteiger partial charge in [0.1, 0.15) is 22.8 Å². The fourth-order valence-corrected chi connectivity index (χ4v) is 7.81. The Morgan fingerprint density at radius 3 is 0.581 bits per heavy atom. The fraction of sp³-hybridized carbons (Fsp3) is 0.0323. The van der Waals surface area contributed by atoms with Crippen LogP contribution in [-0.4, -0.2) is 0 Å². The summed E-state index contributed by atoms with van der Waals surface area (Å²) >= 11 is 0. The third-order valence-electron chi connectivity index (χ3n) is 11.3. The minimum absolute atomic E-state index is 0. The van der Waals surface area contributed by atoms with Gasteiger partial charge < -0.3 is 0 Å². The summed E-state index contributed by atoms with van der Waals surface area (Å²) in [6.45, 7) is 0. The van der Waals surface area contributed by atoms with E-state index in [9.17, 15) is 52.7 Å². The van der Waals surface area contributed by atoms with E-state index in [1.165, 1.54) is 72.8 Å². The van der Waals surface area contributed by atoms with Gasteiger partial charge in [-0.3, -0.25) is 0 Å². The van der Waals surface area contributed by atoms with Crippen LogP contribution in [0, 0.1) is 117 Å². The summed E-state index contributed by atoms with van der Waals surface area (Å²) in [5.41, 5.74) is 0.758. The molecule has 0 aliphatic rings. The summed E-state index contributed by atoms with van der Waals surface area (Å²) in [6, 6.07) is 40.5. The minimum Gasteiger partial charge on any atom is -0.207 e. The molecule has 0 N–H and O–H groups in total. The first-order valence-electron chi connectivity index (χ1n) is 21.2. The van der Waals surface area contributed by atoms with Crippen molar-refractivity contribution in [2.24, 2.45) is 0 Å². The van der Waals surface area contributed by atoms with Crippen molar-refractivity contribution in [2.45, 2.75) is 14.9 Å². The molecule has 0 atom stereocenters. The van der Waals surface area contributed by atoms with Gasteiger partial charge in [0.25, 0.3) is 0 Å². The highest BCUT2D eigenvalue weighted by atomic mass is 19.2. The van der Waals surface area contributed by atoms with E-state index < -0.39 is 69.3 Å². The van der Waals surface area contributed by atoms with E-state index in [0.717, 1.165) is 43.8 Å². The molecule has 0 saturated heterocycles. The van der Waals surface area contributed by atoms with Crippen LogP contribution in [0.5, 0.6) is 0 Å². The molecule has 0 aliphatic carbocycles. The standard InChI is InChI=1S/C30H8F10.C30H16F2.2CH4/c31-21-19(22(32)26(36)29(39)25(21)35)11-9-17-13-5-1-2-6-14(13)18(16-8-4-3-7-15(16)17)10-12-20-23(33)27(37)30(40)28(38)24(20)34;31-23-15-9-21(10-16-23)13-19-29-25-5-1-2-6-26(25)30(28-8-4-3-7-27(28)29)20-14-22-11-17-24(32)18-12-22;;/h1-8H;1-12,15-18H;2*1H4. The van der Waals surface area contributed by atoms with Crippen molar-refractivity contribution in [3.8, 4) is 47.4 Å². The average molecular weight is 1000 g/mol. The Morgan fingerprint density at radius 1 is 0.189 bits per heavy atom. The molecule has 10 aromatic carbocycles. The van der Waals surface area contributed by atoms with Gasteiger partial charge in [-0.2, -0.15) is 0 Å². The van der Waals surface area contributed by atoms with Crippen LogP contribution >= 0.6 is 0 Å². The van der Waals surface area contributed by atoms with Gasteiger partial charge >= 0.3 is 0 Å². The summed E-state index contributed by atoms with van der Waals surface area (Å²) in [6.07, 6.45) is 0. The van der Waals surface area contributed by atoms with E-state index >= 15 is 0 Å². The minimum atomic E-state index is -2.34. The molecule has 0 unspecified atom stereocenters. The Bertz CT molecular complexity index is 3690. The summed E-state index contributed by atoms with van der Waals surface area (Å²) in [5.74, 6) is -0.559. The molecule has 12 heteroatoms. The molecule has 0 aromatic heterocycles. The number of rotatable bonds is 0. The van der Waals surface area contributed by atoms with Crippen LogP contribution in [0.15, 0.2) is 146 Å². The number of halogens is 12. The van der Waals surface area contributed by atoms with E-state index in [-0.39, 0.29) is 59.2 Å². The van der Waals surface area contributed by atoms with Crippen molar-refractivity contribution in [3.63, 3.8) is 0 Å². The first-order chi connectivity index (χ1) is 34.7. The zero-order chi connectivity index (χ0) is 50.8. The van der Waals surface area contributed by atoms with Crippen LogP contribution in [0.2, 0.25) is 0 Å². The van der Waals surface area contributed by atoms with Crippen LogP contribution in [-0.2, 0) is 0 Å². The molecule has 0 amide bonds. The molecular formula is C62H32F12. The van der Waals surface area contributed by atoms with Crippen LogP contribution in [0.1, 0.15) is 59.4 Å². The van der Waals surface area contributed by atoms with Gasteiger partial charge in [0.15, 0.2) is 46.5 Å². The predicted octanol–water partition coefficient (Wildman–Crippen LogP) is 16.5. The number of benzene rings is 10. The summed E-state index contributed by atoms with van der Waals surface area (Å²) in [5, 5.41) is 5.01. The van der Waals surface area contributed by atoms with Crippen LogP contribution in [0.4, 0.5) is 52.7 Å². The lowest BCUT2D eigenvalue weighted by Gasteiger charge is -2.11. The molecule has 0 spiro atoms. The van der Waals surface area contributed by atoms with Crippen molar-refractivity contribution in [1.82, 2.24) is 0 Å². The maximum Gasteiger partial charge on any atom is 0.200 e. The van der Waals surface area contributed by atoms with Crippen molar-refractivity contribution in [3.05, 3.63) is 260 Å². The third kappa shape index (κ3) is 9.95. The van der Waals surface area contributed by atoms with Gasteiger partial charge in [-0.15, -0.1) is 0 Å². The molecule has 10 aromatic rings. The second kappa shape index (κ2) is 22.0. The lowest BCUT2D eigenvalue weighted by atomic mass is 9.91. The topological polar surface area (TPSA) is 0 Å². The maximum absolute atomic E-state index is 14.2. The van der Waals surface area contributed by atoms with Crippen molar-refractivity contribution < 1.29 is 52.7 Å². The molecule has 0 bridgehead atoms. The molecule has 10 rings (SSSR count). The molecule has 0 heterocycles.